The lowest BCUT2D eigenvalue weighted by atomic mass is 10.2. The maximum absolute atomic E-state index is 6.00. The Hall–Kier alpha value is -0.280. The van der Waals surface area contributed by atoms with Crippen molar-refractivity contribution in [1.82, 2.24) is 9.97 Å². The molecule has 0 saturated heterocycles. The van der Waals surface area contributed by atoms with Gasteiger partial charge in [-0.3, -0.25) is 0 Å². The molecule has 0 aliphatic rings. The third-order valence-corrected chi connectivity index (χ3v) is 4.13. The first-order valence-corrected chi connectivity index (χ1v) is 6.54. The molecule has 0 spiro atoms. The molecule has 1 aromatic rings. The van der Waals surface area contributed by atoms with E-state index in [0.717, 1.165) is 22.2 Å². The Balaban J connectivity index is 2.76. The standard InChI is InChI=1S/C11H17ClN2S/c1-5-7(2)6-15-11-8(3)10(12)13-9(4)14-11/h7H,5-6H2,1-4H3. The van der Waals surface area contributed by atoms with Gasteiger partial charge in [0.25, 0.3) is 0 Å². The quantitative estimate of drug-likeness (QED) is 0.594. The van der Waals surface area contributed by atoms with Crippen molar-refractivity contribution in [2.24, 2.45) is 5.92 Å². The molecule has 1 unspecified atom stereocenters. The van der Waals surface area contributed by atoms with Crippen molar-refractivity contribution < 1.29 is 0 Å². The van der Waals surface area contributed by atoms with Crippen LogP contribution in [0, 0.1) is 19.8 Å². The number of nitrogens with zero attached hydrogens (tertiary/aromatic N) is 2. The molecule has 1 atom stereocenters. The lowest BCUT2D eigenvalue weighted by molar-refractivity contribution is 0.636. The van der Waals surface area contributed by atoms with Gasteiger partial charge in [0.2, 0.25) is 0 Å². The Labute approximate surface area is 101 Å². The molecule has 0 radical (unpaired) electrons. The van der Waals surface area contributed by atoms with Crippen molar-refractivity contribution in [3.8, 4) is 0 Å². The van der Waals surface area contributed by atoms with Crippen molar-refractivity contribution in [2.75, 3.05) is 5.75 Å². The van der Waals surface area contributed by atoms with Gasteiger partial charge in [0.15, 0.2) is 0 Å². The molecule has 1 aromatic heterocycles. The van der Waals surface area contributed by atoms with E-state index in [1.54, 1.807) is 11.8 Å². The number of hydrogen-bond acceptors (Lipinski definition) is 3. The van der Waals surface area contributed by atoms with Crippen molar-refractivity contribution >= 4 is 23.4 Å². The second-order valence-corrected chi connectivity index (χ2v) is 5.18. The molecule has 15 heavy (non-hydrogen) atoms. The average molecular weight is 245 g/mol. The van der Waals surface area contributed by atoms with Crippen LogP contribution in [0.25, 0.3) is 0 Å². The van der Waals surface area contributed by atoms with Gasteiger partial charge in [0.1, 0.15) is 16.0 Å². The molecule has 0 aliphatic carbocycles. The predicted molar refractivity (Wildman–Crippen MR) is 66.7 cm³/mol. The number of thioether (sulfide) groups is 1. The van der Waals surface area contributed by atoms with Gasteiger partial charge in [-0.1, -0.05) is 31.9 Å². The number of aryl methyl sites for hydroxylation is 1. The van der Waals surface area contributed by atoms with Crippen LogP contribution in [-0.2, 0) is 0 Å². The number of aromatic nitrogens is 2. The zero-order chi connectivity index (χ0) is 11.4. The second kappa shape index (κ2) is 5.71. The van der Waals surface area contributed by atoms with Crippen LogP contribution in [0.3, 0.4) is 0 Å². The highest BCUT2D eigenvalue weighted by Crippen LogP contribution is 2.26. The highest BCUT2D eigenvalue weighted by molar-refractivity contribution is 7.99. The number of halogens is 1. The normalized spacial score (nSPS) is 12.9. The van der Waals surface area contributed by atoms with Crippen LogP contribution >= 0.6 is 23.4 Å². The van der Waals surface area contributed by atoms with Crippen LogP contribution < -0.4 is 0 Å². The van der Waals surface area contributed by atoms with Gasteiger partial charge in [0, 0.05) is 11.3 Å². The SMILES string of the molecule is CCC(C)CSc1nc(C)nc(Cl)c1C. The van der Waals surface area contributed by atoms with Gasteiger partial charge < -0.3 is 0 Å². The minimum Gasteiger partial charge on any atom is -0.227 e. The molecule has 0 N–H and O–H groups in total. The van der Waals surface area contributed by atoms with Crippen LogP contribution in [0.1, 0.15) is 31.7 Å². The molecular weight excluding hydrogens is 228 g/mol. The molecule has 4 heteroatoms. The van der Waals surface area contributed by atoms with Gasteiger partial charge in [0.05, 0.1) is 0 Å². The average Bonchev–Trinajstić information content (AvgIpc) is 2.20. The fourth-order valence-electron chi connectivity index (χ4n) is 1.05. The third-order valence-electron chi connectivity index (χ3n) is 2.36. The molecular formula is C11H17ClN2S. The summed E-state index contributed by atoms with van der Waals surface area (Å²) in [7, 11) is 0. The molecule has 0 bridgehead atoms. The Morgan fingerprint density at radius 3 is 2.60 bits per heavy atom. The summed E-state index contributed by atoms with van der Waals surface area (Å²) in [4.78, 5) is 8.53. The lowest BCUT2D eigenvalue weighted by Gasteiger charge is -2.10. The monoisotopic (exact) mass is 244 g/mol. The topological polar surface area (TPSA) is 25.8 Å². The van der Waals surface area contributed by atoms with Crippen LogP contribution in [0.2, 0.25) is 5.15 Å². The second-order valence-electron chi connectivity index (χ2n) is 3.82. The van der Waals surface area contributed by atoms with E-state index in [-0.39, 0.29) is 0 Å². The van der Waals surface area contributed by atoms with E-state index in [9.17, 15) is 0 Å². The molecule has 0 aromatic carbocycles. The van der Waals surface area contributed by atoms with Gasteiger partial charge in [-0.15, -0.1) is 11.8 Å². The first kappa shape index (κ1) is 12.8. The van der Waals surface area contributed by atoms with Gasteiger partial charge in [-0.25, -0.2) is 9.97 Å². The summed E-state index contributed by atoms with van der Waals surface area (Å²) in [6.45, 7) is 8.30. The Morgan fingerprint density at radius 2 is 2.00 bits per heavy atom. The summed E-state index contributed by atoms with van der Waals surface area (Å²) in [6.07, 6.45) is 1.20. The zero-order valence-corrected chi connectivity index (χ0v) is 11.2. The van der Waals surface area contributed by atoms with Gasteiger partial charge in [-0.2, -0.15) is 0 Å². The highest BCUT2D eigenvalue weighted by Gasteiger charge is 2.09. The molecule has 0 aliphatic heterocycles. The van der Waals surface area contributed by atoms with Crippen LogP contribution in [0.4, 0.5) is 0 Å². The minimum atomic E-state index is 0.578. The van der Waals surface area contributed by atoms with E-state index in [1.165, 1.54) is 6.42 Å². The van der Waals surface area contributed by atoms with E-state index < -0.39 is 0 Å². The summed E-state index contributed by atoms with van der Waals surface area (Å²) in [5.41, 5.74) is 0.996. The summed E-state index contributed by atoms with van der Waals surface area (Å²) >= 11 is 7.78. The van der Waals surface area contributed by atoms with E-state index >= 15 is 0 Å². The largest absolute Gasteiger partial charge is 0.227 e. The summed E-state index contributed by atoms with van der Waals surface area (Å²) in [5.74, 6) is 2.55. The molecule has 1 heterocycles. The summed E-state index contributed by atoms with van der Waals surface area (Å²) in [6, 6.07) is 0. The molecule has 0 amide bonds. The Kier molecular flexibility index (Phi) is 4.87. The van der Waals surface area contributed by atoms with E-state index in [0.29, 0.717) is 11.1 Å². The number of rotatable bonds is 4. The summed E-state index contributed by atoms with van der Waals surface area (Å²) in [5, 5.41) is 1.60. The van der Waals surface area contributed by atoms with E-state index in [1.807, 2.05) is 13.8 Å². The maximum atomic E-state index is 6.00. The number of hydrogen-bond donors (Lipinski definition) is 0. The van der Waals surface area contributed by atoms with Crippen molar-refractivity contribution in [1.29, 1.82) is 0 Å². The Bertz CT molecular complexity index is 342. The first-order valence-electron chi connectivity index (χ1n) is 5.18. The molecule has 84 valence electrons. The third kappa shape index (κ3) is 3.65. The minimum absolute atomic E-state index is 0.578. The molecule has 0 saturated carbocycles. The van der Waals surface area contributed by atoms with Crippen molar-refractivity contribution in [2.45, 2.75) is 39.1 Å². The predicted octanol–water partition coefficient (Wildman–Crippen LogP) is 3.89. The van der Waals surface area contributed by atoms with Crippen molar-refractivity contribution in [3.05, 3.63) is 16.5 Å². The van der Waals surface area contributed by atoms with Crippen LogP contribution in [0.15, 0.2) is 5.03 Å². The summed E-state index contributed by atoms with van der Waals surface area (Å²) < 4.78 is 0. The van der Waals surface area contributed by atoms with E-state index in [4.69, 9.17) is 11.6 Å². The fourth-order valence-corrected chi connectivity index (χ4v) is 2.51. The van der Waals surface area contributed by atoms with Crippen LogP contribution in [0.5, 0.6) is 0 Å². The van der Waals surface area contributed by atoms with Crippen molar-refractivity contribution in [3.63, 3.8) is 0 Å². The fraction of sp³-hybridized carbons (Fsp3) is 0.636. The zero-order valence-electron chi connectivity index (χ0n) is 9.67. The van der Waals surface area contributed by atoms with E-state index in [2.05, 4.69) is 23.8 Å². The Morgan fingerprint density at radius 1 is 1.33 bits per heavy atom. The maximum Gasteiger partial charge on any atom is 0.136 e. The molecule has 1 rings (SSSR count). The smallest absolute Gasteiger partial charge is 0.136 e. The van der Waals surface area contributed by atoms with Gasteiger partial charge in [-0.05, 0) is 19.8 Å². The molecule has 2 nitrogen and oxygen atoms in total. The van der Waals surface area contributed by atoms with Crippen LogP contribution in [-0.4, -0.2) is 15.7 Å². The lowest BCUT2D eigenvalue weighted by Crippen LogP contribution is -1.99. The molecule has 0 fully saturated rings. The first-order chi connectivity index (χ1) is 7.04. The van der Waals surface area contributed by atoms with Gasteiger partial charge >= 0.3 is 0 Å². The highest BCUT2D eigenvalue weighted by atomic mass is 35.5.